The van der Waals surface area contributed by atoms with Crippen molar-refractivity contribution in [1.82, 2.24) is 9.62 Å². The van der Waals surface area contributed by atoms with Crippen molar-refractivity contribution in [2.24, 2.45) is 0 Å². The number of rotatable bonds is 6. The summed E-state index contributed by atoms with van der Waals surface area (Å²) in [5, 5.41) is 5.44. The number of piperidine rings is 1. The third-order valence-electron chi connectivity index (χ3n) is 4.81. The number of nitrogens with one attached hydrogen (secondary N) is 2. The van der Waals surface area contributed by atoms with Crippen LogP contribution in [0, 0.1) is 0 Å². The van der Waals surface area contributed by atoms with E-state index in [1.807, 2.05) is 4.90 Å². The lowest BCUT2D eigenvalue weighted by molar-refractivity contribution is -0.121. The summed E-state index contributed by atoms with van der Waals surface area (Å²) in [5.41, 5.74) is 0.400. The predicted molar refractivity (Wildman–Crippen MR) is 119 cm³/mol. The van der Waals surface area contributed by atoms with Gasteiger partial charge >= 0.3 is 0 Å². The first-order chi connectivity index (χ1) is 13.7. The standard InChI is InChI=1S/C18H20Cl3N3O3S2/c1-11(18(25)22-16-10-14(20)13(19)9-15(16)21)24-6-4-12(5-7-24)23-29(26,27)17-3-2-8-28-17/h2-3,8-12,23H,4-7H2,1H3,(H,22,25). The van der Waals surface area contributed by atoms with Crippen LogP contribution in [0.1, 0.15) is 19.8 Å². The third kappa shape index (κ3) is 5.64. The molecule has 0 radical (unpaired) electrons. The molecule has 1 aliphatic heterocycles. The zero-order valence-electron chi connectivity index (χ0n) is 15.5. The molecule has 29 heavy (non-hydrogen) atoms. The first-order valence-electron chi connectivity index (χ1n) is 8.92. The van der Waals surface area contributed by atoms with Gasteiger partial charge in [-0.1, -0.05) is 40.9 Å². The fraction of sp³-hybridized carbons (Fsp3) is 0.389. The lowest BCUT2D eigenvalue weighted by Crippen LogP contribution is -2.50. The smallest absolute Gasteiger partial charge is 0.250 e. The van der Waals surface area contributed by atoms with Gasteiger partial charge in [0, 0.05) is 19.1 Å². The Bertz CT molecular complexity index is 976. The quantitative estimate of drug-likeness (QED) is 0.578. The van der Waals surface area contributed by atoms with Crippen molar-refractivity contribution in [3.05, 3.63) is 44.7 Å². The Morgan fingerprint density at radius 1 is 1.17 bits per heavy atom. The molecule has 3 rings (SSSR count). The van der Waals surface area contributed by atoms with Gasteiger partial charge in [-0.2, -0.15) is 0 Å². The molecule has 2 aromatic rings. The fourth-order valence-electron chi connectivity index (χ4n) is 3.12. The summed E-state index contributed by atoms with van der Waals surface area (Å²) in [6, 6.07) is 5.73. The van der Waals surface area contributed by atoms with Gasteiger partial charge in [-0.05, 0) is 43.3 Å². The molecule has 11 heteroatoms. The van der Waals surface area contributed by atoms with E-state index in [1.165, 1.54) is 23.5 Å². The monoisotopic (exact) mass is 495 g/mol. The van der Waals surface area contributed by atoms with Gasteiger partial charge in [-0.15, -0.1) is 11.3 Å². The SMILES string of the molecule is CC(C(=O)Nc1cc(Cl)c(Cl)cc1Cl)N1CCC(NS(=O)(=O)c2cccs2)CC1. The highest BCUT2D eigenvalue weighted by atomic mass is 35.5. The third-order valence-corrected chi connectivity index (χ3v) is 8.76. The van der Waals surface area contributed by atoms with E-state index in [4.69, 9.17) is 34.8 Å². The average Bonchev–Trinajstić information content (AvgIpc) is 3.21. The Labute approximate surface area is 189 Å². The van der Waals surface area contributed by atoms with Gasteiger partial charge in [-0.3, -0.25) is 9.69 Å². The number of halogens is 3. The molecule has 2 heterocycles. The number of nitrogens with zero attached hydrogens (tertiary/aromatic N) is 1. The number of thiophene rings is 1. The molecule has 1 aromatic carbocycles. The molecule has 0 bridgehead atoms. The summed E-state index contributed by atoms with van der Waals surface area (Å²) in [6.07, 6.45) is 1.24. The van der Waals surface area contributed by atoms with Crippen LogP contribution in [0.4, 0.5) is 5.69 Å². The summed E-state index contributed by atoms with van der Waals surface area (Å²) in [6.45, 7) is 3.00. The van der Waals surface area contributed by atoms with Gasteiger partial charge in [0.15, 0.2) is 0 Å². The van der Waals surface area contributed by atoms with Crippen molar-refractivity contribution in [2.45, 2.75) is 36.1 Å². The number of amides is 1. The van der Waals surface area contributed by atoms with Crippen LogP contribution in [0.3, 0.4) is 0 Å². The Morgan fingerprint density at radius 3 is 2.45 bits per heavy atom. The summed E-state index contributed by atoms with van der Waals surface area (Å²) in [4.78, 5) is 14.6. The van der Waals surface area contributed by atoms with Crippen LogP contribution in [-0.4, -0.2) is 44.4 Å². The van der Waals surface area contributed by atoms with Crippen molar-refractivity contribution in [1.29, 1.82) is 0 Å². The maximum absolute atomic E-state index is 12.6. The summed E-state index contributed by atoms with van der Waals surface area (Å²) >= 11 is 19.2. The number of carbonyl (C=O) groups excluding carboxylic acids is 1. The highest BCUT2D eigenvalue weighted by molar-refractivity contribution is 7.91. The molecule has 2 N–H and O–H groups in total. The number of anilines is 1. The van der Waals surface area contributed by atoms with Gasteiger partial charge < -0.3 is 5.32 Å². The number of hydrogen-bond donors (Lipinski definition) is 2. The van der Waals surface area contributed by atoms with Crippen LogP contribution in [-0.2, 0) is 14.8 Å². The van der Waals surface area contributed by atoms with E-state index in [-0.39, 0.29) is 11.9 Å². The zero-order chi connectivity index (χ0) is 21.2. The molecule has 1 aliphatic rings. The predicted octanol–water partition coefficient (Wildman–Crippen LogP) is 4.48. The van der Waals surface area contributed by atoms with Gasteiger partial charge in [0.25, 0.3) is 0 Å². The van der Waals surface area contributed by atoms with Crippen LogP contribution in [0.5, 0.6) is 0 Å². The largest absolute Gasteiger partial charge is 0.323 e. The molecule has 1 fully saturated rings. The lowest BCUT2D eigenvalue weighted by Gasteiger charge is -2.35. The normalized spacial score (nSPS) is 17.2. The molecule has 0 saturated carbocycles. The molecule has 1 saturated heterocycles. The molecule has 1 aromatic heterocycles. The van der Waals surface area contributed by atoms with E-state index < -0.39 is 16.1 Å². The number of likely N-dealkylation sites (tertiary alicyclic amines) is 1. The van der Waals surface area contributed by atoms with E-state index in [0.29, 0.717) is 50.9 Å². The number of sulfonamides is 1. The van der Waals surface area contributed by atoms with E-state index in [0.717, 1.165) is 0 Å². The molecular weight excluding hydrogens is 477 g/mol. The minimum Gasteiger partial charge on any atom is -0.323 e. The van der Waals surface area contributed by atoms with Gasteiger partial charge in [0.2, 0.25) is 15.9 Å². The van der Waals surface area contributed by atoms with E-state index in [2.05, 4.69) is 10.0 Å². The molecule has 0 aliphatic carbocycles. The lowest BCUT2D eigenvalue weighted by atomic mass is 10.0. The molecule has 158 valence electrons. The topological polar surface area (TPSA) is 78.5 Å². The van der Waals surface area contributed by atoms with Gasteiger partial charge in [-0.25, -0.2) is 13.1 Å². The second-order valence-corrected chi connectivity index (χ2v) is 10.9. The number of carbonyl (C=O) groups is 1. The Balaban J connectivity index is 1.55. The number of benzene rings is 1. The van der Waals surface area contributed by atoms with Crippen molar-refractivity contribution in [3.63, 3.8) is 0 Å². The molecule has 1 amide bonds. The summed E-state index contributed by atoms with van der Waals surface area (Å²) < 4.78 is 27.8. The maximum Gasteiger partial charge on any atom is 0.250 e. The second-order valence-electron chi connectivity index (χ2n) is 6.78. The average molecular weight is 497 g/mol. The molecule has 0 spiro atoms. The Kier molecular flexibility index (Phi) is 7.48. The van der Waals surface area contributed by atoms with Crippen molar-refractivity contribution >= 4 is 67.8 Å². The molecule has 1 atom stereocenters. The van der Waals surface area contributed by atoms with Crippen LogP contribution in [0.15, 0.2) is 33.9 Å². The van der Waals surface area contributed by atoms with Crippen LogP contribution in [0.2, 0.25) is 15.1 Å². The highest BCUT2D eigenvalue weighted by Crippen LogP contribution is 2.32. The molecule has 1 unspecified atom stereocenters. The Hall–Kier alpha value is -0.870. The van der Waals surface area contributed by atoms with Crippen LogP contribution >= 0.6 is 46.1 Å². The van der Waals surface area contributed by atoms with Crippen LogP contribution < -0.4 is 10.0 Å². The minimum absolute atomic E-state index is 0.155. The van der Waals surface area contributed by atoms with Crippen molar-refractivity contribution in [2.75, 3.05) is 18.4 Å². The minimum atomic E-state index is -3.49. The van der Waals surface area contributed by atoms with Gasteiger partial charge in [0.05, 0.1) is 26.8 Å². The van der Waals surface area contributed by atoms with E-state index in [9.17, 15) is 13.2 Å². The first-order valence-corrected chi connectivity index (χ1v) is 12.4. The van der Waals surface area contributed by atoms with Crippen molar-refractivity contribution < 1.29 is 13.2 Å². The zero-order valence-corrected chi connectivity index (χ0v) is 19.4. The second kappa shape index (κ2) is 9.51. The molecule has 6 nitrogen and oxygen atoms in total. The summed E-state index contributed by atoms with van der Waals surface area (Å²) in [7, 11) is -3.49. The summed E-state index contributed by atoms with van der Waals surface area (Å²) in [5.74, 6) is -0.220. The van der Waals surface area contributed by atoms with Gasteiger partial charge in [0.1, 0.15) is 4.21 Å². The maximum atomic E-state index is 12.6. The first kappa shape index (κ1) is 22.8. The molecular formula is C18H20Cl3N3O3S2. The highest BCUT2D eigenvalue weighted by Gasteiger charge is 2.29. The number of hydrogen-bond acceptors (Lipinski definition) is 5. The van der Waals surface area contributed by atoms with E-state index >= 15 is 0 Å². The Morgan fingerprint density at radius 2 is 1.83 bits per heavy atom. The van der Waals surface area contributed by atoms with E-state index in [1.54, 1.807) is 24.4 Å². The van der Waals surface area contributed by atoms with Crippen LogP contribution in [0.25, 0.3) is 0 Å². The van der Waals surface area contributed by atoms with Crippen molar-refractivity contribution in [3.8, 4) is 0 Å². The fourth-order valence-corrected chi connectivity index (χ4v) is 6.03.